The third-order valence-corrected chi connectivity index (χ3v) is 2.99. The smallest absolute Gasteiger partial charge is 0.144 e. The minimum absolute atomic E-state index is 0.623. The molecule has 2 N–H and O–H groups in total. The van der Waals surface area contributed by atoms with E-state index in [2.05, 4.69) is 32.5 Å². The first-order valence-corrected chi connectivity index (χ1v) is 5.77. The third-order valence-electron chi connectivity index (χ3n) is 2.99. The van der Waals surface area contributed by atoms with Gasteiger partial charge in [0.2, 0.25) is 0 Å². The lowest BCUT2D eigenvalue weighted by Gasteiger charge is -2.33. The van der Waals surface area contributed by atoms with Gasteiger partial charge in [0, 0.05) is 44.6 Å². The quantitative estimate of drug-likeness (QED) is 0.760. The van der Waals surface area contributed by atoms with Crippen molar-refractivity contribution in [3.8, 4) is 0 Å². The molecule has 5 nitrogen and oxygen atoms in total. The predicted molar refractivity (Wildman–Crippen MR) is 64.4 cm³/mol. The van der Waals surface area contributed by atoms with Crippen molar-refractivity contribution in [1.29, 1.82) is 0 Å². The lowest BCUT2D eigenvalue weighted by Crippen LogP contribution is -2.49. The summed E-state index contributed by atoms with van der Waals surface area (Å²) in [6.07, 6.45) is 6.27. The van der Waals surface area contributed by atoms with Crippen molar-refractivity contribution in [1.82, 2.24) is 20.2 Å². The molecule has 0 aliphatic carbocycles. The SMILES string of the molecule is CN1CCNCC1CCNc1cnccn1. The highest BCUT2D eigenvalue weighted by molar-refractivity contribution is 5.29. The Labute approximate surface area is 96.3 Å². The van der Waals surface area contributed by atoms with Gasteiger partial charge in [-0.3, -0.25) is 4.98 Å². The van der Waals surface area contributed by atoms with Crippen molar-refractivity contribution in [2.75, 3.05) is 38.5 Å². The van der Waals surface area contributed by atoms with Crippen LogP contribution in [0.2, 0.25) is 0 Å². The Morgan fingerprint density at radius 3 is 3.25 bits per heavy atom. The van der Waals surface area contributed by atoms with E-state index >= 15 is 0 Å². The van der Waals surface area contributed by atoms with Crippen LogP contribution in [0.4, 0.5) is 5.82 Å². The van der Waals surface area contributed by atoms with Crippen LogP contribution in [0, 0.1) is 0 Å². The Kier molecular flexibility index (Phi) is 4.07. The first kappa shape index (κ1) is 11.3. The van der Waals surface area contributed by atoms with Crippen LogP contribution < -0.4 is 10.6 Å². The predicted octanol–water partition coefficient (Wildman–Crippen LogP) is 0.182. The molecule has 0 spiro atoms. The van der Waals surface area contributed by atoms with Crippen molar-refractivity contribution >= 4 is 5.82 Å². The van der Waals surface area contributed by atoms with Gasteiger partial charge in [-0.1, -0.05) is 0 Å². The summed E-state index contributed by atoms with van der Waals surface area (Å²) in [7, 11) is 2.19. The maximum Gasteiger partial charge on any atom is 0.144 e. The van der Waals surface area contributed by atoms with Crippen molar-refractivity contribution in [3.05, 3.63) is 18.6 Å². The molecular weight excluding hydrogens is 202 g/mol. The standard InChI is InChI=1S/C11H19N5/c1-16-7-6-13-8-10(16)2-3-14-11-9-12-4-5-15-11/h4-5,9-10,13H,2-3,6-8H2,1H3,(H,14,15). The fourth-order valence-electron chi connectivity index (χ4n) is 1.94. The molecule has 1 fully saturated rings. The van der Waals surface area contributed by atoms with Crippen LogP contribution in [0.1, 0.15) is 6.42 Å². The van der Waals surface area contributed by atoms with Gasteiger partial charge in [0.05, 0.1) is 6.20 Å². The molecule has 88 valence electrons. The first-order chi connectivity index (χ1) is 7.86. The molecule has 0 radical (unpaired) electrons. The molecule has 0 amide bonds. The van der Waals surface area contributed by atoms with Gasteiger partial charge in [0.1, 0.15) is 5.82 Å². The molecule has 0 bridgehead atoms. The monoisotopic (exact) mass is 221 g/mol. The Morgan fingerprint density at radius 1 is 1.56 bits per heavy atom. The summed E-state index contributed by atoms with van der Waals surface area (Å²) in [5.41, 5.74) is 0. The second-order valence-corrected chi connectivity index (χ2v) is 4.14. The second kappa shape index (κ2) is 5.77. The summed E-state index contributed by atoms with van der Waals surface area (Å²) in [6.45, 7) is 4.26. The highest BCUT2D eigenvalue weighted by Gasteiger charge is 2.17. The summed E-state index contributed by atoms with van der Waals surface area (Å²) >= 11 is 0. The van der Waals surface area contributed by atoms with Gasteiger partial charge in [-0.2, -0.15) is 0 Å². The lowest BCUT2D eigenvalue weighted by atomic mass is 10.1. The molecule has 1 atom stereocenters. The molecule has 1 unspecified atom stereocenters. The van der Waals surface area contributed by atoms with Crippen molar-refractivity contribution in [2.45, 2.75) is 12.5 Å². The lowest BCUT2D eigenvalue weighted by molar-refractivity contribution is 0.194. The fraction of sp³-hybridized carbons (Fsp3) is 0.636. The molecule has 1 aromatic rings. The molecule has 1 aliphatic heterocycles. The summed E-state index contributed by atoms with van der Waals surface area (Å²) in [4.78, 5) is 10.6. The second-order valence-electron chi connectivity index (χ2n) is 4.14. The topological polar surface area (TPSA) is 53.1 Å². The minimum atomic E-state index is 0.623. The number of anilines is 1. The third kappa shape index (κ3) is 3.15. The van der Waals surface area contributed by atoms with Crippen LogP contribution in [-0.2, 0) is 0 Å². The minimum Gasteiger partial charge on any atom is -0.369 e. The van der Waals surface area contributed by atoms with Gasteiger partial charge in [0.15, 0.2) is 0 Å². The average Bonchev–Trinajstić information content (AvgIpc) is 2.33. The molecule has 2 heterocycles. The van der Waals surface area contributed by atoms with E-state index in [1.807, 2.05) is 0 Å². The number of nitrogens with one attached hydrogen (secondary N) is 2. The van der Waals surface area contributed by atoms with Gasteiger partial charge in [-0.05, 0) is 13.5 Å². The van der Waals surface area contributed by atoms with Crippen molar-refractivity contribution in [2.24, 2.45) is 0 Å². The summed E-state index contributed by atoms with van der Waals surface area (Å²) in [5.74, 6) is 0.855. The highest BCUT2D eigenvalue weighted by Crippen LogP contribution is 2.05. The fourth-order valence-corrected chi connectivity index (χ4v) is 1.94. The molecule has 1 aromatic heterocycles. The van der Waals surface area contributed by atoms with E-state index in [1.165, 1.54) is 0 Å². The maximum absolute atomic E-state index is 4.18. The summed E-state index contributed by atoms with van der Waals surface area (Å²) in [6, 6.07) is 0.623. The van der Waals surface area contributed by atoms with Crippen LogP contribution >= 0.6 is 0 Å². The van der Waals surface area contributed by atoms with Gasteiger partial charge >= 0.3 is 0 Å². The van der Waals surface area contributed by atoms with Gasteiger partial charge < -0.3 is 15.5 Å². The molecule has 1 saturated heterocycles. The molecule has 1 aliphatic rings. The normalized spacial score (nSPS) is 21.9. The van der Waals surface area contributed by atoms with E-state index in [9.17, 15) is 0 Å². The van der Waals surface area contributed by atoms with Gasteiger partial charge in [-0.25, -0.2) is 4.98 Å². The Morgan fingerprint density at radius 2 is 2.50 bits per heavy atom. The largest absolute Gasteiger partial charge is 0.369 e. The number of likely N-dealkylation sites (N-methyl/N-ethyl adjacent to an activating group) is 1. The number of hydrogen-bond acceptors (Lipinski definition) is 5. The number of hydrogen-bond donors (Lipinski definition) is 2. The van der Waals surface area contributed by atoms with Crippen LogP contribution in [0.15, 0.2) is 18.6 Å². The number of aromatic nitrogens is 2. The Hall–Kier alpha value is -1.20. The molecule has 16 heavy (non-hydrogen) atoms. The van der Waals surface area contributed by atoms with Gasteiger partial charge in [0.25, 0.3) is 0 Å². The van der Waals surface area contributed by atoms with E-state index in [0.717, 1.165) is 38.4 Å². The zero-order valence-corrected chi connectivity index (χ0v) is 9.69. The maximum atomic E-state index is 4.18. The Balaban J connectivity index is 1.71. The van der Waals surface area contributed by atoms with Crippen LogP contribution in [0.5, 0.6) is 0 Å². The number of rotatable bonds is 4. The molecule has 2 rings (SSSR count). The van der Waals surface area contributed by atoms with Gasteiger partial charge in [-0.15, -0.1) is 0 Å². The zero-order chi connectivity index (χ0) is 11.2. The van der Waals surface area contributed by atoms with E-state index in [0.29, 0.717) is 6.04 Å². The van der Waals surface area contributed by atoms with Crippen LogP contribution in [-0.4, -0.2) is 54.1 Å². The summed E-state index contributed by atoms with van der Waals surface area (Å²) in [5, 5.41) is 6.70. The summed E-state index contributed by atoms with van der Waals surface area (Å²) < 4.78 is 0. The van der Waals surface area contributed by atoms with E-state index < -0.39 is 0 Å². The van der Waals surface area contributed by atoms with Crippen molar-refractivity contribution in [3.63, 3.8) is 0 Å². The molecule has 0 aromatic carbocycles. The first-order valence-electron chi connectivity index (χ1n) is 5.77. The molecule has 0 saturated carbocycles. The Bertz CT molecular complexity index is 303. The van der Waals surface area contributed by atoms with Crippen molar-refractivity contribution < 1.29 is 0 Å². The molecule has 5 heteroatoms. The van der Waals surface area contributed by atoms with Crippen LogP contribution in [0.3, 0.4) is 0 Å². The number of piperazine rings is 1. The van der Waals surface area contributed by atoms with E-state index in [4.69, 9.17) is 0 Å². The van der Waals surface area contributed by atoms with E-state index in [1.54, 1.807) is 18.6 Å². The average molecular weight is 221 g/mol. The number of nitrogens with zero attached hydrogens (tertiary/aromatic N) is 3. The van der Waals surface area contributed by atoms with Crippen LogP contribution in [0.25, 0.3) is 0 Å². The zero-order valence-electron chi connectivity index (χ0n) is 9.69. The molecular formula is C11H19N5. The van der Waals surface area contributed by atoms with E-state index in [-0.39, 0.29) is 0 Å². The highest BCUT2D eigenvalue weighted by atomic mass is 15.2.